The first kappa shape index (κ1) is 14.1. The molecule has 0 amide bonds. The standard InChI is InChI=1S/C10H18Cl2O2/c1-3-5-6-7-8(9(11)12)10(13)14-4-2/h8-9H,3-7H2,1-2H3. The van der Waals surface area contributed by atoms with Gasteiger partial charge in [0.15, 0.2) is 0 Å². The quantitative estimate of drug-likeness (QED) is 0.387. The molecule has 0 aromatic heterocycles. The molecule has 2 nitrogen and oxygen atoms in total. The number of esters is 1. The molecule has 84 valence electrons. The summed E-state index contributed by atoms with van der Waals surface area (Å²) in [4.78, 5) is 10.7. The maximum atomic E-state index is 11.4. The zero-order valence-corrected chi connectivity index (χ0v) is 10.3. The first-order valence-corrected chi connectivity index (χ1v) is 5.95. The number of rotatable bonds is 7. The molecule has 0 aliphatic heterocycles. The lowest BCUT2D eigenvalue weighted by Gasteiger charge is -2.15. The maximum Gasteiger partial charge on any atom is 0.311 e. The van der Waals surface area contributed by atoms with Gasteiger partial charge in [-0.05, 0) is 13.3 Å². The second-order valence-corrected chi connectivity index (χ2v) is 4.35. The van der Waals surface area contributed by atoms with E-state index in [4.69, 9.17) is 27.9 Å². The molecule has 0 aliphatic rings. The summed E-state index contributed by atoms with van der Waals surface area (Å²) in [5.74, 6) is -0.650. The van der Waals surface area contributed by atoms with Crippen LogP contribution in [0.25, 0.3) is 0 Å². The van der Waals surface area contributed by atoms with E-state index in [2.05, 4.69) is 6.92 Å². The number of hydrogen-bond acceptors (Lipinski definition) is 2. The van der Waals surface area contributed by atoms with E-state index in [0.717, 1.165) is 19.3 Å². The lowest BCUT2D eigenvalue weighted by Crippen LogP contribution is -2.23. The maximum absolute atomic E-state index is 11.4. The molecule has 4 heteroatoms. The summed E-state index contributed by atoms with van der Waals surface area (Å²) in [6, 6.07) is 0. The van der Waals surface area contributed by atoms with Crippen LogP contribution in [-0.2, 0) is 9.53 Å². The SMILES string of the molecule is CCCCCC(C(=O)OCC)C(Cl)Cl. The first-order valence-electron chi connectivity index (χ1n) is 5.08. The Morgan fingerprint density at radius 1 is 1.29 bits per heavy atom. The fourth-order valence-corrected chi connectivity index (χ4v) is 1.67. The van der Waals surface area contributed by atoms with Crippen LogP contribution >= 0.6 is 23.2 Å². The Balaban J connectivity index is 3.95. The fraction of sp³-hybridized carbons (Fsp3) is 0.900. The van der Waals surface area contributed by atoms with E-state index in [0.29, 0.717) is 13.0 Å². The van der Waals surface area contributed by atoms with Gasteiger partial charge in [0.05, 0.1) is 12.5 Å². The molecule has 0 saturated heterocycles. The van der Waals surface area contributed by atoms with Crippen molar-refractivity contribution < 1.29 is 9.53 Å². The van der Waals surface area contributed by atoms with Crippen molar-refractivity contribution in [3.63, 3.8) is 0 Å². The topological polar surface area (TPSA) is 26.3 Å². The minimum absolute atomic E-state index is 0.279. The molecular formula is C10H18Cl2O2. The fourth-order valence-electron chi connectivity index (χ4n) is 1.21. The molecule has 1 atom stereocenters. The van der Waals surface area contributed by atoms with Crippen molar-refractivity contribution in [2.75, 3.05) is 6.61 Å². The molecule has 0 rings (SSSR count). The van der Waals surface area contributed by atoms with E-state index in [9.17, 15) is 4.79 Å². The van der Waals surface area contributed by atoms with Crippen LogP contribution in [0.3, 0.4) is 0 Å². The second kappa shape index (κ2) is 8.37. The van der Waals surface area contributed by atoms with Crippen LogP contribution in [0.1, 0.15) is 39.5 Å². The second-order valence-electron chi connectivity index (χ2n) is 3.19. The summed E-state index contributed by atoms with van der Waals surface area (Å²) in [6.45, 7) is 4.26. The molecule has 0 fully saturated rings. The van der Waals surface area contributed by atoms with Gasteiger partial charge in [-0.25, -0.2) is 0 Å². The van der Waals surface area contributed by atoms with Crippen molar-refractivity contribution in [2.24, 2.45) is 5.92 Å². The zero-order valence-electron chi connectivity index (χ0n) is 8.76. The molecule has 1 unspecified atom stereocenters. The third kappa shape index (κ3) is 5.71. The van der Waals surface area contributed by atoms with Crippen LogP contribution in [0.5, 0.6) is 0 Å². The minimum Gasteiger partial charge on any atom is -0.466 e. The van der Waals surface area contributed by atoms with E-state index in [1.165, 1.54) is 0 Å². The largest absolute Gasteiger partial charge is 0.466 e. The van der Waals surface area contributed by atoms with Gasteiger partial charge in [-0.2, -0.15) is 0 Å². The Bertz CT molecular complexity index is 160. The highest BCUT2D eigenvalue weighted by molar-refractivity contribution is 6.45. The number of carbonyl (C=O) groups is 1. The Hall–Kier alpha value is 0.0500. The van der Waals surface area contributed by atoms with Gasteiger partial charge in [0, 0.05) is 0 Å². The van der Waals surface area contributed by atoms with Gasteiger partial charge in [-0.15, -0.1) is 23.2 Å². The normalized spacial score (nSPS) is 12.9. The highest BCUT2D eigenvalue weighted by Crippen LogP contribution is 2.23. The molecule has 0 N–H and O–H groups in total. The molecular weight excluding hydrogens is 223 g/mol. The van der Waals surface area contributed by atoms with Crippen LogP contribution in [0.4, 0.5) is 0 Å². The third-order valence-corrected chi connectivity index (χ3v) is 2.62. The number of carbonyl (C=O) groups excluding carboxylic acids is 1. The van der Waals surface area contributed by atoms with E-state index >= 15 is 0 Å². The van der Waals surface area contributed by atoms with Crippen molar-refractivity contribution >= 4 is 29.2 Å². The summed E-state index contributed by atoms with van der Waals surface area (Å²) >= 11 is 11.4. The molecule has 0 saturated carbocycles. The Morgan fingerprint density at radius 3 is 2.36 bits per heavy atom. The predicted octanol–water partition coefficient (Wildman–Crippen LogP) is 3.55. The zero-order chi connectivity index (χ0) is 11.0. The molecule has 14 heavy (non-hydrogen) atoms. The van der Waals surface area contributed by atoms with Gasteiger partial charge in [-0.1, -0.05) is 26.2 Å². The smallest absolute Gasteiger partial charge is 0.311 e. The van der Waals surface area contributed by atoms with E-state index in [1.54, 1.807) is 6.92 Å². The van der Waals surface area contributed by atoms with Crippen LogP contribution in [0, 0.1) is 5.92 Å². The molecule has 0 spiro atoms. The van der Waals surface area contributed by atoms with E-state index in [-0.39, 0.29) is 11.9 Å². The van der Waals surface area contributed by atoms with Crippen molar-refractivity contribution in [2.45, 2.75) is 44.4 Å². The van der Waals surface area contributed by atoms with Crippen molar-refractivity contribution in [3.05, 3.63) is 0 Å². The number of unbranched alkanes of at least 4 members (excludes halogenated alkanes) is 2. The van der Waals surface area contributed by atoms with Gasteiger partial charge in [0.25, 0.3) is 0 Å². The van der Waals surface area contributed by atoms with Gasteiger partial charge in [-0.3, -0.25) is 4.79 Å². The summed E-state index contributed by atoms with van der Waals surface area (Å²) in [7, 11) is 0. The molecule has 0 aromatic carbocycles. The van der Waals surface area contributed by atoms with Crippen molar-refractivity contribution in [3.8, 4) is 0 Å². The van der Waals surface area contributed by atoms with Crippen LogP contribution in [-0.4, -0.2) is 17.4 Å². The van der Waals surface area contributed by atoms with Gasteiger partial charge < -0.3 is 4.74 Å². The van der Waals surface area contributed by atoms with E-state index in [1.807, 2.05) is 0 Å². The molecule has 0 bridgehead atoms. The average molecular weight is 241 g/mol. The summed E-state index contributed by atoms with van der Waals surface area (Å²) in [5.41, 5.74) is 0. The Morgan fingerprint density at radius 2 is 1.93 bits per heavy atom. The van der Waals surface area contributed by atoms with Crippen molar-refractivity contribution in [1.29, 1.82) is 0 Å². The monoisotopic (exact) mass is 240 g/mol. The molecule has 0 aliphatic carbocycles. The van der Waals surface area contributed by atoms with Gasteiger partial charge in [0.1, 0.15) is 4.84 Å². The summed E-state index contributed by atoms with van der Waals surface area (Å²) < 4.78 is 4.89. The van der Waals surface area contributed by atoms with E-state index < -0.39 is 4.84 Å². The summed E-state index contributed by atoms with van der Waals surface area (Å²) in [5, 5.41) is 0. The van der Waals surface area contributed by atoms with Gasteiger partial charge in [0.2, 0.25) is 0 Å². The lowest BCUT2D eigenvalue weighted by molar-refractivity contribution is -0.147. The first-order chi connectivity index (χ1) is 6.63. The number of hydrogen-bond donors (Lipinski definition) is 0. The summed E-state index contributed by atoms with van der Waals surface area (Å²) in [6.07, 6.45) is 3.89. The highest BCUT2D eigenvalue weighted by Gasteiger charge is 2.25. The highest BCUT2D eigenvalue weighted by atomic mass is 35.5. The Kier molecular flexibility index (Phi) is 8.40. The minimum atomic E-state index is -0.661. The molecule has 0 aromatic rings. The Labute approximate surface area is 95.9 Å². The third-order valence-electron chi connectivity index (χ3n) is 2.01. The number of ether oxygens (including phenoxy) is 1. The molecule has 0 heterocycles. The lowest BCUT2D eigenvalue weighted by atomic mass is 10.0. The van der Waals surface area contributed by atoms with Crippen LogP contribution < -0.4 is 0 Å². The van der Waals surface area contributed by atoms with Gasteiger partial charge >= 0.3 is 5.97 Å². The number of halogens is 2. The van der Waals surface area contributed by atoms with Crippen molar-refractivity contribution in [1.82, 2.24) is 0 Å². The van der Waals surface area contributed by atoms with Crippen LogP contribution in [0.15, 0.2) is 0 Å². The number of alkyl halides is 2. The average Bonchev–Trinajstić information content (AvgIpc) is 2.12. The molecule has 0 radical (unpaired) electrons. The predicted molar refractivity (Wildman–Crippen MR) is 59.8 cm³/mol. The van der Waals surface area contributed by atoms with Crippen LogP contribution in [0.2, 0.25) is 0 Å².